The molecular formula is C26H32N3O6+. The van der Waals surface area contributed by atoms with E-state index in [-0.39, 0.29) is 42.6 Å². The van der Waals surface area contributed by atoms with Crippen LogP contribution in [0, 0.1) is 11.8 Å². The third-order valence-electron chi connectivity index (χ3n) is 7.06. The molecule has 4 atom stereocenters. The molecule has 2 heterocycles. The first-order chi connectivity index (χ1) is 16.4. The van der Waals surface area contributed by atoms with Gasteiger partial charge in [-0.3, -0.25) is 9.59 Å². The molecule has 0 aliphatic carbocycles. The van der Waals surface area contributed by atoms with Crippen molar-refractivity contribution in [2.75, 3.05) is 27.2 Å². The number of likely N-dealkylation sites (N-methyl/N-ethyl adjacent to an activating group) is 1. The van der Waals surface area contributed by atoms with E-state index in [1.165, 1.54) is 4.90 Å². The van der Waals surface area contributed by atoms with E-state index in [1.54, 1.807) is 6.92 Å². The van der Waals surface area contributed by atoms with Crippen molar-refractivity contribution >= 4 is 28.6 Å². The lowest BCUT2D eigenvalue weighted by Gasteiger charge is -2.46. The molecule has 2 aromatic carbocycles. The van der Waals surface area contributed by atoms with Gasteiger partial charge in [0.1, 0.15) is 24.6 Å². The number of β-lactam (4-membered cyclic amide) rings is 1. The second kappa shape index (κ2) is 8.98. The topological polar surface area (TPSA) is 130 Å². The number of quaternary nitrogens is 1. The van der Waals surface area contributed by atoms with Crippen LogP contribution < -0.4 is 10.5 Å². The molecule has 2 aliphatic heterocycles. The zero-order valence-electron chi connectivity index (χ0n) is 20.4. The molecule has 35 heavy (non-hydrogen) atoms. The highest BCUT2D eigenvalue weighted by Gasteiger charge is 2.59. The van der Waals surface area contributed by atoms with Gasteiger partial charge in [0.15, 0.2) is 6.54 Å². The summed E-state index contributed by atoms with van der Waals surface area (Å²) in [6, 6.07) is 11.2. The van der Waals surface area contributed by atoms with Crippen LogP contribution in [0.1, 0.15) is 19.4 Å². The molecular weight excluding hydrogens is 450 g/mol. The van der Waals surface area contributed by atoms with Gasteiger partial charge in [-0.15, -0.1) is 0 Å². The highest BCUT2D eigenvalue weighted by molar-refractivity contribution is 6.00. The Kier molecular flexibility index (Phi) is 6.33. The summed E-state index contributed by atoms with van der Waals surface area (Å²) < 4.78 is 6.56. The van der Waals surface area contributed by atoms with Crippen molar-refractivity contribution in [1.82, 2.24) is 4.90 Å². The number of hydrogen-bond acceptors (Lipinski definition) is 5. The number of nitrogens with two attached hydrogens (primary N) is 1. The highest BCUT2D eigenvalue weighted by Crippen LogP contribution is 2.47. The van der Waals surface area contributed by atoms with Gasteiger partial charge in [0.05, 0.1) is 32.2 Å². The van der Waals surface area contributed by atoms with Crippen LogP contribution in [0.15, 0.2) is 47.7 Å². The van der Waals surface area contributed by atoms with Gasteiger partial charge in [0.25, 0.3) is 5.91 Å². The summed E-state index contributed by atoms with van der Waals surface area (Å²) in [5.74, 6) is -2.18. The first kappa shape index (κ1) is 24.7. The minimum atomic E-state index is -1.18. The van der Waals surface area contributed by atoms with Crippen molar-refractivity contribution < 1.29 is 33.8 Å². The van der Waals surface area contributed by atoms with Crippen LogP contribution in [-0.2, 0) is 20.9 Å². The summed E-state index contributed by atoms with van der Waals surface area (Å²) in [6.45, 7) is 4.24. The number of aliphatic carboxylic acids is 1. The predicted octanol–water partition coefficient (Wildman–Crippen LogP) is 1.48. The van der Waals surface area contributed by atoms with Gasteiger partial charge >= 0.3 is 5.97 Å². The minimum absolute atomic E-state index is 0.0161. The van der Waals surface area contributed by atoms with Crippen LogP contribution in [0.25, 0.3) is 10.8 Å². The quantitative estimate of drug-likeness (QED) is 0.367. The predicted molar refractivity (Wildman–Crippen MR) is 129 cm³/mol. The average Bonchev–Trinajstić information content (AvgIpc) is 2.99. The van der Waals surface area contributed by atoms with Gasteiger partial charge in [-0.25, -0.2) is 4.79 Å². The van der Waals surface area contributed by atoms with Gasteiger partial charge in [0, 0.05) is 22.4 Å². The number of aliphatic hydroxyl groups excluding tert-OH is 1. The number of carboxylic acid groups (broad SMARTS) is 1. The first-order valence-electron chi connectivity index (χ1n) is 11.6. The maximum Gasteiger partial charge on any atom is 0.352 e. The number of aliphatic hydroxyl groups is 1. The van der Waals surface area contributed by atoms with Gasteiger partial charge < -0.3 is 30.1 Å². The van der Waals surface area contributed by atoms with E-state index in [9.17, 15) is 24.6 Å². The van der Waals surface area contributed by atoms with E-state index in [2.05, 4.69) is 0 Å². The molecule has 186 valence electrons. The molecule has 0 spiro atoms. The standard InChI is InChI=1S/C26H31N3O6/c1-14-19(24(26(33)34)28-23(14)22(15(2)30)25(28)32)13-35-20-10-6-8-17-16(7-5-9-18(17)20)11-29(3,4)12-21(27)31/h5-10,14-15,22-23,30H,11-13H2,1-4H3,(H2-,27,31,33,34)/p+1/t14-,15+,22+,23+/m0/s1. The Morgan fingerprint density at radius 1 is 1.17 bits per heavy atom. The van der Waals surface area contributed by atoms with Gasteiger partial charge in [-0.1, -0.05) is 37.3 Å². The molecule has 0 aromatic heterocycles. The van der Waals surface area contributed by atoms with Crippen molar-refractivity contribution in [3.8, 4) is 5.75 Å². The fourth-order valence-electron chi connectivity index (χ4n) is 5.54. The van der Waals surface area contributed by atoms with Crippen LogP contribution in [0.5, 0.6) is 5.75 Å². The molecule has 0 unspecified atom stereocenters. The number of nitrogens with zero attached hydrogens (tertiary/aromatic N) is 2. The molecule has 0 radical (unpaired) electrons. The SMILES string of the molecule is C[C@@H](O)[C@H]1C(=O)N2C(C(=O)O)=C(COc3cccc4c(C[N+](C)(C)CC(N)=O)cccc34)[C@H](C)[C@H]12. The van der Waals surface area contributed by atoms with Gasteiger partial charge in [0.2, 0.25) is 5.91 Å². The molecule has 0 bridgehead atoms. The number of hydrogen-bond donors (Lipinski definition) is 3. The lowest BCUT2D eigenvalue weighted by Crippen LogP contribution is -2.63. The Labute approximate surface area is 204 Å². The molecule has 2 aliphatic rings. The molecule has 4 N–H and O–H groups in total. The van der Waals surface area contributed by atoms with Crippen LogP contribution in [-0.4, -0.2) is 76.8 Å². The second-order valence-corrected chi connectivity index (χ2v) is 10.2. The van der Waals surface area contributed by atoms with Crippen LogP contribution >= 0.6 is 0 Å². The van der Waals surface area contributed by atoms with E-state index in [1.807, 2.05) is 57.4 Å². The number of carboxylic acids is 1. The van der Waals surface area contributed by atoms with Crippen molar-refractivity contribution in [2.45, 2.75) is 32.5 Å². The summed E-state index contributed by atoms with van der Waals surface area (Å²) in [6.07, 6.45) is -0.852. The lowest BCUT2D eigenvalue weighted by atomic mass is 9.78. The third-order valence-corrected chi connectivity index (χ3v) is 7.06. The van der Waals surface area contributed by atoms with Crippen LogP contribution in [0.2, 0.25) is 0 Å². The molecule has 2 amide bonds. The largest absolute Gasteiger partial charge is 0.488 e. The monoisotopic (exact) mass is 482 g/mol. The van der Waals surface area contributed by atoms with Gasteiger partial charge in [-0.2, -0.15) is 0 Å². The molecule has 0 saturated carbocycles. The Morgan fingerprint density at radius 3 is 2.46 bits per heavy atom. The molecule has 1 saturated heterocycles. The second-order valence-electron chi connectivity index (χ2n) is 10.2. The number of primary amides is 1. The Balaban J connectivity index is 1.62. The van der Waals surface area contributed by atoms with Crippen molar-refractivity contribution in [2.24, 2.45) is 17.6 Å². The number of carbonyl (C=O) groups excluding carboxylic acids is 2. The zero-order chi connectivity index (χ0) is 25.7. The van der Waals surface area contributed by atoms with Crippen LogP contribution in [0.3, 0.4) is 0 Å². The van der Waals surface area contributed by atoms with Crippen molar-refractivity contribution in [3.63, 3.8) is 0 Å². The highest BCUT2D eigenvalue weighted by atomic mass is 16.5. The third kappa shape index (κ3) is 4.37. The lowest BCUT2D eigenvalue weighted by molar-refractivity contribution is -0.895. The number of ether oxygens (including phenoxy) is 1. The summed E-state index contributed by atoms with van der Waals surface area (Å²) in [5, 5.41) is 21.7. The smallest absolute Gasteiger partial charge is 0.352 e. The van der Waals surface area contributed by atoms with Gasteiger partial charge in [-0.05, 0) is 18.4 Å². The summed E-state index contributed by atoms with van der Waals surface area (Å²) in [5.41, 5.74) is 6.93. The molecule has 1 fully saturated rings. The Morgan fingerprint density at radius 2 is 1.83 bits per heavy atom. The maximum absolute atomic E-state index is 12.6. The molecule has 2 aromatic rings. The summed E-state index contributed by atoms with van der Waals surface area (Å²) in [7, 11) is 3.88. The zero-order valence-corrected chi connectivity index (χ0v) is 20.4. The number of fused-ring (bicyclic) bond motifs is 2. The van der Waals surface area contributed by atoms with E-state index in [4.69, 9.17) is 10.5 Å². The Hall–Kier alpha value is -3.43. The van der Waals surface area contributed by atoms with Crippen molar-refractivity contribution in [3.05, 3.63) is 53.2 Å². The molecule has 4 rings (SSSR count). The summed E-state index contributed by atoms with van der Waals surface area (Å²) in [4.78, 5) is 37.4. The fourth-order valence-corrected chi connectivity index (χ4v) is 5.54. The Bertz CT molecular complexity index is 1230. The number of carbonyl (C=O) groups is 3. The van der Waals surface area contributed by atoms with E-state index >= 15 is 0 Å². The molecule has 9 nitrogen and oxygen atoms in total. The van der Waals surface area contributed by atoms with Crippen molar-refractivity contribution in [1.29, 1.82) is 0 Å². The molecule has 9 heteroatoms. The first-order valence-corrected chi connectivity index (χ1v) is 11.6. The fraction of sp³-hybridized carbons (Fsp3) is 0.423. The van der Waals surface area contributed by atoms with E-state index in [0.717, 1.165) is 16.3 Å². The van der Waals surface area contributed by atoms with E-state index in [0.29, 0.717) is 22.4 Å². The number of amides is 2. The summed E-state index contributed by atoms with van der Waals surface area (Å²) >= 11 is 0. The number of benzene rings is 2. The number of rotatable bonds is 9. The normalized spacial score (nSPS) is 22.7. The van der Waals surface area contributed by atoms with Crippen LogP contribution in [0.4, 0.5) is 0 Å². The average molecular weight is 483 g/mol. The minimum Gasteiger partial charge on any atom is -0.488 e. The van der Waals surface area contributed by atoms with E-state index < -0.39 is 18.0 Å². The maximum atomic E-state index is 12.6.